The quantitative estimate of drug-likeness (QED) is 0.862. The molecule has 27 heavy (non-hydrogen) atoms. The number of carbonyl (C=O) groups is 1. The van der Waals surface area contributed by atoms with Gasteiger partial charge in [-0.05, 0) is 61.2 Å². The predicted octanol–water partition coefficient (Wildman–Crippen LogP) is 3.87. The number of rotatable bonds is 4. The Morgan fingerprint density at radius 2 is 1.93 bits per heavy atom. The maximum atomic E-state index is 13.4. The Morgan fingerprint density at radius 3 is 2.59 bits per heavy atom. The van der Waals surface area contributed by atoms with Crippen LogP contribution in [0.4, 0.5) is 15.8 Å². The van der Waals surface area contributed by atoms with Gasteiger partial charge in [-0.3, -0.25) is 9.52 Å². The van der Waals surface area contributed by atoms with Gasteiger partial charge in [0, 0.05) is 18.2 Å². The van der Waals surface area contributed by atoms with Crippen LogP contribution in [0.5, 0.6) is 0 Å². The highest BCUT2D eigenvalue weighted by Crippen LogP contribution is 2.32. The number of anilines is 2. The number of hydrogen-bond donors (Lipinski definition) is 1. The second kappa shape index (κ2) is 7.31. The standard InChI is InChI=1S/C20H23FN2O3S/c1-13(2)20(24)23-10-4-5-15-6-7-16(12-19(15)23)22-27(25,26)17-8-9-18(21)14(3)11-17/h6-9,11-13,22H,4-5,10H2,1-3H3. The fourth-order valence-corrected chi connectivity index (χ4v) is 4.31. The maximum Gasteiger partial charge on any atom is 0.261 e. The van der Waals surface area contributed by atoms with E-state index in [0.717, 1.165) is 30.2 Å². The van der Waals surface area contributed by atoms with E-state index in [9.17, 15) is 17.6 Å². The molecule has 0 radical (unpaired) electrons. The van der Waals surface area contributed by atoms with Crippen LogP contribution in [0.2, 0.25) is 0 Å². The highest BCUT2D eigenvalue weighted by Gasteiger charge is 2.25. The van der Waals surface area contributed by atoms with Crippen LogP contribution >= 0.6 is 0 Å². The van der Waals surface area contributed by atoms with E-state index in [0.29, 0.717) is 12.2 Å². The molecule has 0 aliphatic carbocycles. The molecule has 1 heterocycles. The zero-order chi connectivity index (χ0) is 19.8. The van der Waals surface area contributed by atoms with Crippen LogP contribution in [0.1, 0.15) is 31.4 Å². The number of benzene rings is 2. The van der Waals surface area contributed by atoms with E-state index in [-0.39, 0.29) is 22.3 Å². The van der Waals surface area contributed by atoms with Gasteiger partial charge in [0.1, 0.15) is 5.82 Å². The molecule has 1 N–H and O–H groups in total. The summed E-state index contributed by atoms with van der Waals surface area (Å²) in [6, 6.07) is 8.91. The van der Waals surface area contributed by atoms with Gasteiger partial charge in [-0.15, -0.1) is 0 Å². The van der Waals surface area contributed by atoms with Crippen LogP contribution in [0.25, 0.3) is 0 Å². The minimum Gasteiger partial charge on any atom is -0.312 e. The molecule has 7 heteroatoms. The molecule has 0 saturated heterocycles. The van der Waals surface area contributed by atoms with E-state index in [1.165, 1.54) is 19.1 Å². The third kappa shape index (κ3) is 3.98. The van der Waals surface area contributed by atoms with Gasteiger partial charge in [-0.25, -0.2) is 12.8 Å². The molecule has 0 atom stereocenters. The topological polar surface area (TPSA) is 66.5 Å². The van der Waals surface area contributed by atoms with Gasteiger partial charge >= 0.3 is 0 Å². The van der Waals surface area contributed by atoms with Crippen molar-refractivity contribution in [3.8, 4) is 0 Å². The number of nitrogens with one attached hydrogen (secondary N) is 1. The van der Waals surface area contributed by atoms with Gasteiger partial charge in [0.25, 0.3) is 10.0 Å². The van der Waals surface area contributed by atoms with Crippen molar-refractivity contribution >= 4 is 27.3 Å². The molecule has 2 aromatic rings. The van der Waals surface area contributed by atoms with Crippen molar-refractivity contribution in [3.63, 3.8) is 0 Å². The first-order valence-corrected chi connectivity index (χ1v) is 10.4. The third-order valence-corrected chi connectivity index (χ3v) is 6.03. The molecule has 2 aromatic carbocycles. The fraction of sp³-hybridized carbons (Fsp3) is 0.350. The van der Waals surface area contributed by atoms with Crippen molar-refractivity contribution in [2.75, 3.05) is 16.2 Å². The molecule has 3 rings (SSSR count). The first kappa shape index (κ1) is 19.4. The lowest BCUT2D eigenvalue weighted by Crippen LogP contribution is -2.38. The molecular weight excluding hydrogens is 367 g/mol. The van der Waals surface area contributed by atoms with Crippen LogP contribution in [0.3, 0.4) is 0 Å². The van der Waals surface area contributed by atoms with E-state index >= 15 is 0 Å². The van der Waals surface area contributed by atoms with Crippen molar-refractivity contribution in [2.45, 2.75) is 38.5 Å². The minimum atomic E-state index is -3.85. The van der Waals surface area contributed by atoms with Crippen molar-refractivity contribution < 1.29 is 17.6 Å². The van der Waals surface area contributed by atoms with Crippen molar-refractivity contribution in [1.82, 2.24) is 0 Å². The Bertz CT molecular complexity index is 987. The van der Waals surface area contributed by atoms with Gasteiger partial charge in [-0.2, -0.15) is 0 Å². The van der Waals surface area contributed by atoms with Gasteiger partial charge < -0.3 is 4.90 Å². The first-order valence-electron chi connectivity index (χ1n) is 8.92. The number of nitrogens with zero attached hydrogens (tertiary/aromatic N) is 1. The minimum absolute atomic E-state index is 0.00534. The Kier molecular flexibility index (Phi) is 5.24. The van der Waals surface area contributed by atoms with Crippen molar-refractivity contribution in [3.05, 3.63) is 53.3 Å². The largest absolute Gasteiger partial charge is 0.312 e. The number of halogens is 1. The maximum absolute atomic E-state index is 13.4. The van der Waals surface area contributed by atoms with E-state index < -0.39 is 15.8 Å². The van der Waals surface area contributed by atoms with Crippen molar-refractivity contribution in [1.29, 1.82) is 0 Å². The molecule has 0 unspecified atom stereocenters. The Labute approximate surface area is 159 Å². The first-order chi connectivity index (χ1) is 12.7. The summed E-state index contributed by atoms with van der Waals surface area (Å²) in [5.41, 5.74) is 2.41. The average molecular weight is 390 g/mol. The Balaban J connectivity index is 1.93. The van der Waals surface area contributed by atoms with E-state index in [4.69, 9.17) is 0 Å². The molecular formula is C20H23FN2O3S. The molecule has 144 valence electrons. The smallest absolute Gasteiger partial charge is 0.261 e. The van der Waals surface area contributed by atoms with E-state index in [1.807, 2.05) is 19.9 Å². The molecule has 0 saturated carbocycles. The SMILES string of the molecule is Cc1cc(S(=O)(=O)Nc2ccc3c(c2)N(C(=O)C(C)C)CCC3)ccc1F. The van der Waals surface area contributed by atoms with E-state index in [1.54, 1.807) is 17.0 Å². The molecule has 0 bridgehead atoms. The number of hydrogen-bond acceptors (Lipinski definition) is 3. The third-order valence-electron chi connectivity index (χ3n) is 4.66. The van der Waals surface area contributed by atoms with Gasteiger partial charge in [0.05, 0.1) is 10.6 Å². The lowest BCUT2D eigenvalue weighted by molar-refractivity contribution is -0.121. The van der Waals surface area contributed by atoms with Crippen LogP contribution in [-0.4, -0.2) is 20.9 Å². The average Bonchev–Trinajstić information content (AvgIpc) is 2.62. The molecule has 0 fully saturated rings. The Hall–Kier alpha value is -2.41. The zero-order valence-electron chi connectivity index (χ0n) is 15.6. The lowest BCUT2D eigenvalue weighted by atomic mass is 9.99. The molecule has 0 spiro atoms. The molecule has 1 aliphatic heterocycles. The predicted molar refractivity (Wildman–Crippen MR) is 104 cm³/mol. The summed E-state index contributed by atoms with van der Waals surface area (Å²) in [5, 5.41) is 0. The van der Waals surface area contributed by atoms with Crippen LogP contribution in [-0.2, 0) is 21.2 Å². The van der Waals surface area contributed by atoms with Crippen molar-refractivity contribution in [2.24, 2.45) is 5.92 Å². The van der Waals surface area contributed by atoms with Gasteiger partial charge in [-0.1, -0.05) is 19.9 Å². The number of fused-ring (bicyclic) bond motifs is 1. The van der Waals surface area contributed by atoms with Crippen LogP contribution in [0.15, 0.2) is 41.3 Å². The summed E-state index contributed by atoms with van der Waals surface area (Å²) >= 11 is 0. The highest BCUT2D eigenvalue weighted by molar-refractivity contribution is 7.92. The van der Waals surface area contributed by atoms with Crippen LogP contribution in [0, 0.1) is 18.7 Å². The monoisotopic (exact) mass is 390 g/mol. The summed E-state index contributed by atoms with van der Waals surface area (Å²) in [5.74, 6) is -0.575. The van der Waals surface area contributed by atoms with E-state index in [2.05, 4.69) is 4.72 Å². The lowest BCUT2D eigenvalue weighted by Gasteiger charge is -2.31. The molecule has 1 aliphatic rings. The number of aryl methyl sites for hydroxylation is 2. The molecule has 5 nitrogen and oxygen atoms in total. The van der Waals surface area contributed by atoms with Gasteiger partial charge in [0.15, 0.2) is 0 Å². The van der Waals surface area contributed by atoms with Crippen LogP contribution < -0.4 is 9.62 Å². The Morgan fingerprint density at radius 1 is 1.19 bits per heavy atom. The zero-order valence-corrected chi connectivity index (χ0v) is 16.4. The number of carbonyl (C=O) groups excluding carboxylic acids is 1. The fourth-order valence-electron chi connectivity index (χ4n) is 3.18. The number of amides is 1. The second-order valence-electron chi connectivity index (χ2n) is 7.11. The second-order valence-corrected chi connectivity index (χ2v) is 8.79. The van der Waals surface area contributed by atoms with Gasteiger partial charge in [0.2, 0.25) is 5.91 Å². The summed E-state index contributed by atoms with van der Waals surface area (Å²) < 4.78 is 41.3. The summed E-state index contributed by atoms with van der Waals surface area (Å²) in [4.78, 5) is 14.2. The number of sulfonamides is 1. The summed E-state index contributed by atoms with van der Waals surface area (Å²) in [6.45, 7) is 5.83. The highest BCUT2D eigenvalue weighted by atomic mass is 32.2. The molecule has 0 aromatic heterocycles. The molecule has 1 amide bonds. The summed E-state index contributed by atoms with van der Waals surface area (Å²) in [7, 11) is -3.85. The summed E-state index contributed by atoms with van der Waals surface area (Å²) in [6.07, 6.45) is 1.73. The normalized spacial score (nSPS) is 14.2.